The van der Waals surface area contributed by atoms with E-state index in [2.05, 4.69) is 4.98 Å². The van der Waals surface area contributed by atoms with Crippen molar-refractivity contribution in [3.05, 3.63) is 69.4 Å². The second kappa shape index (κ2) is 4.57. The number of nitrogen functional groups attached to an aromatic ring is 1. The number of aromatic nitrogens is 2. The number of fused-ring (bicyclic) bond motifs is 3. The molecular formula is C16H11N3O2S. The maximum absolute atomic E-state index is 12.7. The molecule has 0 aliphatic carbocycles. The van der Waals surface area contributed by atoms with E-state index in [4.69, 9.17) is 5.73 Å². The van der Waals surface area contributed by atoms with Crippen LogP contribution in [0, 0.1) is 0 Å². The minimum Gasteiger partial charge on any atom is -0.399 e. The first-order valence-corrected chi connectivity index (χ1v) is 7.48. The number of aromatic amines is 1. The number of thiophene rings is 1. The second-order valence-electron chi connectivity index (χ2n) is 4.97. The van der Waals surface area contributed by atoms with Crippen LogP contribution in [0.1, 0.15) is 0 Å². The third kappa shape index (κ3) is 1.78. The van der Waals surface area contributed by atoms with Gasteiger partial charge in [0.25, 0.3) is 5.56 Å². The highest BCUT2D eigenvalue weighted by molar-refractivity contribution is 7.25. The Morgan fingerprint density at radius 3 is 2.59 bits per heavy atom. The summed E-state index contributed by atoms with van der Waals surface area (Å²) in [5.41, 5.74) is 6.84. The van der Waals surface area contributed by atoms with Crippen molar-refractivity contribution in [3.63, 3.8) is 0 Å². The van der Waals surface area contributed by atoms with Crippen molar-refractivity contribution in [2.75, 3.05) is 5.73 Å². The van der Waals surface area contributed by atoms with E-state index in [-0.39, 0.29) is 11.0 Å². The zero-order valence-corrected chi connectivity index (χ0v) is 12.2. The molecule has 6 heteroatoms. The van der Waals surface area contributed by atoms with Crippen LogP contribution in [-0.2, 0) is 0 Å². The van der Waals surface area contributed by atoms with Crippen molar-refractivity contribution >= 4 is 37.3 Å². The van der Waals surface area contributed by atoms with Crippen molar-refractivity contribution in [3.8, 4) is 5.69 Å². The largest absolute Gasteiger partial charge is 0.399 e. The molecule has 0 fully saturated rings. The Hall–Kier alpha value is -2.86. The van der Waals surface area contributed by atoms with E-state index < -0.39 is 0 Å². The standard InChI is InChI=1S/C16H11N3O2S/c17-9-1-3-10(4-2-9)19-8-6-11-13-12(20)5-7-18-15(13)22-14(11)16(19)21/h1-8H,17H2,(H,18,20). The van der Waals surface area contributed by atoms with E-state index >= 15 is 0 Å². The summed E-state index contributed by atoms with van der Waals surface area (Å²) < 4.78 is 2.12. The summed E-state index contributed by atoms with van der Waals surface area (Å²) in [5, 5.41) is 1.27. The molecule has 0 spiro atoms. The maximum atomic E-state index is 12.7. The molecule has 0 bridgehead atoms. The highest BCUT2D eigenvalue weighted by atomic mass is 32.1. The Morgan fingerprint density at radius 2 is 1.82 bits per heavy atom. The first kappa shape index (κ1) is 12.8. The molecule has 0 saturated carbocycles. The van der Waals surface area contributed by atoms with Gasteiger partial charge in [0, 0.05) is 35.2 Å². The molecule has 108 valence electrons. The van der Waals surface area contributed by atoms with Gasteiger partial charge in [-0.05, 0) is 30.3 Å². The summed E-state index contributed by atoms with van der Waals surface area (Å²) in [4.78, 5) is 28.5. The molecule has 1 aromatic carbocycles. The average molecular weight is 309 g/mol. The number of pyridine rings is 2. The Morgan fingerprint density at radius 1 is 1.05 bits per heavy atom. The van der Waals surface area contributed by atoms with Crippen LogP contribution in [0.2, 0.25) is 0 Å². The van der Waals surface area contributed by atoms with Crippen molar-refractivity contribution in [2.45, 2.75) is 0 Å². The van der Waals surface area contributed by atoms with Gasteiger partial charge >= 0.3 is 0 Å². The van der Waals surface area contributed by atoms with Gasteiger partial charge in [-0.15, -0.1) is 11.3 Å². The van der Waals surface area contributed by atoms with Gasteiger partial charge in [0.15, 0.2) is 5.43 Å². The van der Waals surface area contributed by atoms with E-state index in [0.29, 0.717) is 21.2 Å². The molecule has 0 amide bonds. The molecule has 0 atom stereocenters. The van der Waals surface area contributed by atoms with Crippen LogP contribution in [0.5, 0.6) is 0 Å². The molecule has 4 rings (SSSR count). The number of H-pyrrole nitrogens is 1. The number of hydrogen-bond donors (Lipinski definition) is 2. The molecule has 5 nitrogen and oxygen atoms in total. The van der Waals surface area contributed by atoms with Gasteiger partial charge in [-0.2, -0.15) is 0 Å². The Labute approximate surface area is 128 Å². The molecular weight excluding hydrogens is 298 g/mol. The first-order valence-electron chi connectivity index (χ1n) is 6.66. The lowest BCUT2D eigenvalue weighted by Gasteiger charge is -2.05. The van der Waals surface area contributed by atoms with Gasteiger partial charge in [-0.1, -0.05) is 0 Å². The lowest BCUT2D eigenvalue weighted by molar-refractivity contribution is 1.01. The van der Waals surface area contributed by atoms with Crippen LogP contribution in [0.3, 0.4) is 0 Å². The number of nitrogens with one attached hydrogen (secondary N) is 1. The van der Waals surface area contributed by atoms with Crippen LogP contribution >= 0.6 is 11.3 Å². The Bertz CT molecular complexity index is 1120. The molecule has 4 aromatic rings. The number of hydrogen-bond acceptors (Lipinski definition) is 4. The summed E-state index contributed by atoms with van der Waals surface area (Å²) in [7, 11) is 0. The predicted molar refractivity (Wildman–Crippen MR) is 90.0 cm³/mol. The summed E-state index contributed by atoms with van der Waals surface area (Å²) in [6.45, 7) is 0. The zero-order chi connectivity index (χ0) is 15.3. The molecule has 3 N–H and O–H groups in total. The van der Waals surface area contributed by atoms with Crippen molar-refractivity contribution in [2.24, 2.45) is 0 Å². The van der Waals surface area contributed by atoms with Crippen LogP contribution in [-0.4, -0.2) is 9.55 Å². The smallest absolute Gasteiger partial charge is 0.273 e. The van der Waals surface area contributed by atoms with Crippen LogP contribution in [0.15, 0.2) is 58.4 Å². The van der Waals surface area contributed by atoms with Gasteiger partial charge in [0.2, 0.25) is 0 Å². The summed E-state index contributed by atoms with van der Waals surface area (Å²) >= 11 is 1.30. The maximum Gasteiger partial charge on any atom is 0.273 e. The van der Waals surface area contributed by atoms with Gasteiger partial charge in [0.05, 0.1) is 5.39 Å². The molecule has 0 saturated heterocycles. The Kier molecular flexibility index (Phi) is 2.67. The molecule has 0 aliphatic heterocycles. The van der Waals surface area contributed by atoms with Crippen molar-refractivity contribution < 1.29 is 0 Å². The quantitative estimate of drug-likeness (QED) is 0.530. The number of benzene rings is 1. The number of nitrogens with two attached hydrogens (primary N) is 1. The number of nitrogens with zero attached hydrogens (tertiary/aromatic N) is 1. The summed E-state index contributed by atoms with van der Waals surface area (Å²) in [5.74, 6) is 0. The highest BCUT2D eigenvalue weighted by Gasteiger charge is 2.13. The Balaban J connectivity index is 2.08. The summed E-state index contributed by atoms with van der Waals surface area (Å²) in [6.07, 6.45) is 3.29. The SMILES string of the molecule is Nc1ccc(-n2ccc3c(sc4[nH]ccc(=O)c43)c2=O)cc1. The molecule has 3 aromatic heterocycles. The molecule has 22 heavy (non-hydrogen) atoms. The van der Waals surface area contributed by atoms with Gasteiger partial charge in [-0.3, -0.25) is 14.2 Å². The minimum atomic E-state index is -0.142. The highest BCUT2D eigenvalue weighted by Crippen LogP contribution is 2.27. The monoisotopic (exact) mass is 309 g/mol. The lowest BCUT2D eigenvalue weighted by Crippen LogP contribution is -2.16. The minimum absolute atomic E-state index is 0.0790. The van der Waals surface area contributed by atoms with Gasteiger partial charge in [0.1, 0.15) is 9.53 Å². The molecule has 0 aliphatic rings. The first-order chi connectivity index (χ1) is 10.6. The zero-order valence-electron chi connectivity index (χ0n) is 11.4. The average Bonchev–Trinajstić information content (AvgIpc) is 2.90. The van der Waals surface area contributed by atoms with Crippen LogP contribution < -0.4 is 16.7 Å². The van der Waals surface area contributed by atoms with E-state index in [1.54, 1.807) is 47.3 Å². The lowest BCUT2D eigenvalue weighted by atomic mass is 10.2. The molecule has 0 unspecified atom stereocenters. The predicted octanol–water partition coefficient (Wildman–Crippen LogP) is 2.48. The van der Waals surface area contributed by atoms with E-state index in [0.717, 1.165) is 10.5 Å². The normalized spacial score (nSPS) is 11.3. The van der Waals surface area contributed by atoms with E-state index in [9.17, 15) is 9.59 Å². The van der Waals surface area contributed by atoms with E-state index in [1.807, 2.05) is 0 Å². The van der Waals surface area contributed by atoms with Crippen molar-refractivity contribution in [1.29, 1.82) is 0 Å². The third-order valence-corrected chi connectivity index (χ3v) is 4.74. The second-order valence-corrected chi connectivity index (χ2v) is 5.99. The third-order valence-electron chi connectivity index (χ3n) is 3.62. The number of rotatable bonds is 1. The fraction of sp³-hybridized carbons (Fsp3) is 0. The van der Waals surface area contributed by atoms with E-state index in [1.165, 1.54) is 17.4 Å². The van der Waals surface area contributed by atoms with Gasteiger partial charge in [-0.25, -0.2) is 0 Å². The summed E-state index contributed by atoms with van der Waals surface area (Å²) in [6, 6.07) is 10.4. The topological polar surface area (TPSA) is 80.9 Å². The van der Waals surface area contributed by atoms with Crippen molar-refractivity contribution in [1.82, 2.24) is 9.55 Å². The fourth-order valence-corrected chi connectivity index (χ4v) is 3.66. The fourth-order valence-electron chi connectivity index (χ4n) is 2.55. The molecule has 3 heterocycles. The van der Waals surface area contributed by atoms with Crippen LogP contribution in [0.25, 0.3) is 26.0 Å². The van der Waals surface area contributed by atoms with Gasteiger partial charge < -0.3 is 10.7 Å². The van der Waals surface area contributed by atoms with Crippen LogP contribution in [0.4, 0.5) is 5.69 Å². The molecule has 0 radical (unpaired) electrons. The number of anilines is 1.